The minimum atomic E-state index is -4.05. The van der Waals surface area contributed by atoms with Crippen LogP contribution in [0.25, 0.3) is 16.8 Å². The summed E-state index contributed by atoms with van der Waals surface area (Å²) in [5, 5.41) is 19.1. The highest BCUT2D eigenvalue weighted by Gasteiger charge is 2.29. The number of aldehydes is 1. The number of rotatable bonds is 13. The lowest BCUT2D eigenvalue weighted by atomic mass is 10.1. The number of nitrogens with one attached hydrogen (secondary N) is 4. The van der Waals surface area contributed by atoms with Crippen molar-refractivity contribution in [3.05, 3.63) is 132 Å². The van der Waals surface area contributed by atoms with Gasteiger partial charge in [-0.05, 0) is 73.0 Å². The number of carbonyl (C=O) groups excluding carboxylic acids is 2. The van der Waals surface area contributed by atoms with Crippen molar-refractivity contribution in [1.82, 2.24) is 15.4 Å². The number of nitrogens with zero attached hydrogens (tertiary/aromatic N) is 1. The summed E-state index contributed by atoms with van der Waals surface area (Å²) >= 11 is 1.35. The van der Waals surface area contributed by atoms with Crippen LogP contribution in [0, 0.1) is 5.41 Å². The number of benzene rings is 4. The molecular formula is C35H32N5O4PS. The fraction of sp³-hybridized carbons (Fsp3) is 0.0857. The number of fused-ring (bicyclic) bond motifs is 1. The molecule has 0 aliphatic rings. The third-order valence-electron chi connectivity index (χ3n) is 6.80. The number of anilines is 1. The lowest BCUT2D eigenvalue weighted by Crippen LogP contribution is -2.30. The quantitative estimate of drug-likeness (QED) is 0.0582. The van der Waals surface area contributed by atoms with Crippen LogP contribution in [0.4, 0.5) is 5.69 Å². The van der Waals surface area contributed by atoms with E-state index in [0.29, 0.717) is 44.3 Å². The Labute approximate surface area is 271 Å². The molecule has 5 rings (SSSR count). The third kappa shape index (κ3) is 7.97. The molecule has 9 nitrogen and oxygen atoms in total. The van der Waals surface area contributed by atoms with E-state index in [1.807, 2.05) is 66.7 Å². The van der Waals surface area contributed by atoms with Crippen LogP contribution in [0.1, 0.15) is 28.5 Å². The zero-order valence-corrected chi connectivity index (χ0v) is 26.8. The molecule has 0 bridgehead atoms. The van der Waals surface area contributed by atoms with Gasteiger partial charge in [-0.15, -0.1) is 0 Å². The van der Waals surface area contributed by atoms with Crippen molar-refractivity contribution in [3.63, 3.8) is 0 Å². The van der Waals surface area contributed by atoms with Gasteiger partial charge in [0.2, 0.25) is 0 Å². The first-order chi connectivity index (χ1) is 22.3. The van der Waals surface area contributed by atoms with Crippen molar-refractivity contribution in [2.45, 2.75) is 22.8 Å². The van der Waals surface area contributed by atoms with Crippen molar-refractivity contribution >= 4 is 59.9 Å². The Morgan fingerprint density at radius 2 is 1.72 bits per heavy atom. The molecule has 0 saturated heterocycles. The van der Waals surface area contributed by atoms with Crippen LogP contribution < -0.4 is 20.0 Å². The average Bonchev–Trinajstić information content (AvgIpc) is 3.07. The summed E-state index contributed by atoms with van der Waals surface area (Å²) in [5.41, 5.74) is 2.05. The molecule has 0 spiro atoms. The summed E-state index contributed by atoms with van der Waals surface area (Å²) in [4.78, 5) is 30.0. The maximum atomic E-state index is 14.6. The number of carbonyl (C=O) groups is 2. The van der Waals surface area contributed by atoms with Crippen molar-refractivity contribution in [2.24, 2.45) is 0 Å². The highest BCUT2D eigenvalue weighted by Crippen LogP contribution is 2.47. The van der Waals surface area contributed by atoms with E-state index >= 15 is 0 Å². The molecule has 0 radical (unpaired) electrons. The Bertz CT molecular complexity index is 1960. The van der Waals surface area contributed by atoms with Gasteiger partial charge in [0.25, 0.3) is 5.91 Å². The molecule has 0 fully saturated rings. The van der Waals surface area contributed by atoms with E-state index in [1.54, 1.807) is 68.7 Å². The van der Waals surface area contributed by atoms with Gasteiger partial charge in [0.05, 0.1) is 28.7 Å². The summed E-state index contributed by atoms with van der Waals surface area (Å²) in [6.07, 6.45) is 5.63. The molecule has 5 aromatic rings. The fourth-order valence-corrected chi connectivity index (χ4v) is 7.29. The van der Waals surface area contributed by atoms with Crippen LogP contribution in [0.3, 0.4) is 0 Å². The van der Waals surface area contributed by atoms with Crippen molar-refractivity contribution in [2.75, 3.05) is 12.1 Å². The summed E-state index contributed by atoms with van der Waals surface area (Å²) in [6, 6.07) is 30.2. The minimum absolute atomic E-state index is 0.121. The number of aromatic nitrogens is 1. The molecule has 46 heavy (non-hydrogen) atoms. The van der Waals surface area contributed by atoms with Gasteiger partial charge in [-0.25, -0.2) is 9.65 Å². The molecule has 4 N–H and O–H groups in total. The molecule has 1 aromatic heterocycles. The number of amides is 1. The molecule has 1 heterocycles. The summed E-state index contributed by atoms with van der Waals surface area (Å²) < 4.78 is 20.8. The van der Waals surface area contributed by atoms with Crippen LogP contribution in [-0.2, 0) is 9.36 Å². The van der Waals surface area contributed by atoms with Gasteiger partial charge in [-0.2, -0.15) is 0 Å². The standard InChI is InChI=1S/C35H32N5O4PS/c1-24(23-41)39-45(43,44-33-15-9-11-25-10-3-4-13-28(25)33)40-32-22-27(46-34-16-6-5-14-30(34)35(42)37-2)18-19-29(32)31(36)20-17-26-12-7-8-21-38-26/h3-24,36H,1-2H3,(H,37,42)(H2,39,40,43)/b20-17+,36-31?. The van der Waals surface area contributed by atoms with Crippen LogP contribution in [-0.4, -0.2) is 36.0 Å². The summed E-state index contributed by atoms with van der Waals surface area (Å²) in [7, 11) is -2.48. The van der Waals surface area contributed by atoms with Crippen molar-refractivity contribution in [3.8, 4) is 5.75 Å². The third-order valence-corrected chi connectivity index (χ3v) is 9.60. The first kappa shape index (κ1) is 32.4. The first-order valence-corrected chi connectivity index (χ1v) is 16.8. The molecule has 0 saturated carbocycles. The topological polar surface area (TPSA) is 133 Å². The molecule has 2 atom stereocenters. The van der Waals surface area contributed by atoms with Crippen molar-refractivity contribution in [1.29, 1.82) is 5.41 Å². The molecule has 2 unspecified atom stereocenters. The molecule has 0 aliphatic heterocycles. The van der Waals surface area contributed by atoms with E-state index in [9.17, 15) is 14.2 Å². The SMILES string of the molecule is CNC(=O)c1ccccc1Sc1ccc(C(=N)/C=C/c2ccccn2)c(NP(=O)(NC(C)C=O)Oc2cccc3ccccc23)c1. The van der Waals surface area contributed by atoms with Crippen molar-refractivity contribution < 1.29 is 18.7 Å². The van der Waals surface area contributed by atoms with Crippen LogP contribution in [0.5, 0.6) is 5.75 Å². The second-order valence-electron chi connectivity index (χ2n) is 10.2. The second-order valence-corrected chi connectivity index (χ2v) is 13.1. The molecule has 232 valence electrons. The molecule has 11 heteroatoms. The van der Waals surface area contributed by atoms with Gasteiger partial charge in [0, 0.05) is 34.0 Å². The van der Waals surface area contributed by atoms with Gasteiger partial charge in [-0.1, -0.05) is 66.4 Å². The zero-order chi connectivity index (χ0) is 32.5. The minimum Gasteiger partial charge on any atom is -0.417 e. The van der Waals surface area contributed by atoms with Gasteiger partial charge in [0.1, 0.15) is 12.0 Å². The first-order valence-electron chi connectivity index (χ1n) is 14.4. The Kier molecular flexibility index (Phi) is 10.4. The lowest BCUT2D eigenvalue weighted by Gasteiger charge is -2.25. The smallest absolute Gasteiger partial charge is 0.417 e. The van der Waals surface area contributed by atoms with Gasteiger partial charge >= 0.3 is 7.67 Å². The van der Waals surface area contributed by atoms with E-state index in [4.69, 9.17) is 9.93 Å². The number of pyridine rings is 1. The summed E-state index contributed by atoms with van der Waals surface area (Å²) in [5.74, 6) is 0.135. The monoisotopic (exact) mass is 649 g/mol. The van der Waals surface area contributed by atoms with E-state index < -0.39 is 13.7 Å². The van der Waals surface area contributed by atoms with Gasteiger partial charge in [-0.3, -0.25) is 14.9 Å². The molecular weight excluding hydrogens is 617 g/mol. The Morgan fingerprint density at radius 3 is 2.50 bits per heavy atom. The largest absolute Gasteiger partial charge is 0.417 e. The van der Waals surface area contributed by atoms with E-state index in [2.05, 4.69) is 20.5 Å². The highest BCUT2D eigenvalue weighted by molar-refractivity contribution is 7.99. The Hall–Kier alpha value is -5.02. The predicted octanol–water partition coefficient (Wildman–Crippen LogP) is 7.60. The van der Waals surface area contributed by atoms with Gasteiger partial charge in [0.15, 0.2) is 0 Å². The fourth-order valence-electron chi connectivity index (χ4n) is 4.60. The van der Waals surface area contributed by atoms with E-state index in [-0.39, 0.29) is 11.6 Å². The zero-order valence-electron chi connectivity index (χ0n) is 25.1. The number of hydrogen-bond donors (Lipinski definition) is 4. The second kappa shape index (κ2) is 14.8. The molecule has 4 aromatic carbocycles. The number of hydrogen-bond acceptors (Lipinski definition) is 7. The van der Waals surface area contributed by atoms with Crippen LogP contribution in [0.2, 0.25) is 0 Å². The average molecular weight is 650 g/mol. The summed E-state index contributed by atoms with van der Waals surface area (Å²) in [6.45, 7) is 1.58. The normalized spacial score (nSPS) is 13.1. The molecule has 0 aliphatic carbocycles. The van der Waals surface area contributed by atoms with Crippen LogP contribution >= 0.6 is 19.4 Å². The van der Waals surface area contributed by atoms with E-state index in [1.165, 1.54) is 11.8 Å². The van der Waals surface area contributed by atoms with E-state index in [0.717, 1.165) is 10.8 Å². The van der Waals surface area contributed by atoms with Crippen LogP contribution in [0.15, 0.2) is 125 Å². The molecule has 1 amide bonds. The van der Waals surface area contributed by atoms with Gasteiger partial charge < -0.3 is 20.0 Å². The maximum Gasteiger partial charge on any atom is 0.417 e. The highest BCUT2D eigenvalue weighted by atomic mass is 32.2. The lowest BCUT2D eigenvalue weighted by molar-refractivity contribution is -0.108. The Balaban J connectivity index is 1.57. The Morgan fingerprint density at radius 1 is 0.957 bits per heavy atom. The maximum absolute atomic E-state index is 14.6. The number of allylic oxidation sites excluding steroid dienone is 1. The predicted molar refractivity (Wildman–Crippen MR) is 185 cm³/mol.